The first-order chi connectivity index (χ1) is 10.4. The van der Waals surface area contributed by atoms with Crippen molar-refractivity contribution in [1.82, 2.24) is 0 Å². The Morgan fingerprint density at radius 2 is 1.68 bits per heavy atom. The van der Waals surface area contributed by atoms with E-state index in [1.807, 2.05) is 0 Å². The Balaban J connectivity index is 1.84. The summed E-state index contributed by atoms with van der Waals surface area (Å²) in [4.78, 5) is 0.00851. The third-order valence-electron chi connectivity index (χ3n) is 2.66. The zero-order valence-corrected chi connectivity index (χ0v) is 12.9. The molecule has 0 aromatic heterocycles. The molecule has 2 aromatic rings. The average molecular weight is 346 g/mol. The number of primary sulfonamides is 1. The van der Waals surface area contributed by atoms with E-state index in [1.165, 1.54) is 36.4 Å². The normalized spacial score (nSPS) is 11.2. The minimum atomic E-state index is -3.71. The van der Waals surface area contributed by atoms with Gasteiger partial charge in [0.25, 0.3) is 0 Å². The lowest BCUT2D eigenvalue weighted by molar-refractivity contribution is 0.217. The van der Waals surface area contributed by atoms with Gasteiger partial charge in [-0.25, -0.2) is 17.9 Å². The average Bonchev–Trinajstić information content (AvgIpc) is 2.45. The van der Waals surface area contributed by atoms with Crippen molar-refractivity contribution in [3.05, 3.63) is 53.3 Å². The molecule has 118 valence electrons. The lowest BCUT2D eigenvalue weighted by Gasteiger charge is -2.09. The zero-order valence-electron chi connectivity index (χ0n) is 11.3. The molecule has 22 heavy (non-hydrogen) atoms. The molecular formula is C14H13ClFNO4S. The summed E-state index contributed by atoms with van der Waals surface area (Å²) in [7, 11) is -3.71. The number of ether oxygens (including phenoxy) is 2. The van der Waals surface area contributed by atoms with E-state index in [0.29, 0.717) is 11.5 Å². The SMILES string of the molecule is NS(=O)(=O)c1ccc(OCCOc2ccc(F)cc2Cl)cc1. The number of nitrogens with two attached hydrogens (primary N) is 1. The van der Waals surface area contributed by atoms with Gasteiger partial charge >= 0.3 is 0 Å². The predicted octanol–water partition coefficient (Wildman–Crippen LogP) is 2.58. The van der Waals surface area contributed by atoms with Gasteiger partial charge in [-0.1, -0.05) is 11.6 Å². The highest BCUT2D eigenvalue weighted by Crippen LogP contribution is 2.24. The lowest BCUT2D eigenvalue weighted by Crippen LogP contribution is -2.12. The van der Waals surface area contributed by atoms with Gasteiger partial charge in [0.15, 0.2) is 0 Å². The number of hydrogen-bond acceptors (Lipinski definition) is 4. The molecule has 2 aromatic carbocycles. The van der Waals surface area contributed by atoms with E-state index < -0.39 is 15.8 Å². The number of sulfonamides is 1. The van der Waals surface area contributed by atoms with E-state index in [1.54, 1.807) is 0 Å². The Bertz CT molecular complexity index is 750. The molecule has 2 rings (SSSR count). The fourth-order valence-electron chi connectivity index (χ4n) is 1.63. The summed E-state index contributed by atoms with van der Waals surface area (Å²) in [5.41, 5.74) is 0. The summed E-state index contributed by atoms with van der Waals surface area (Å²) >= 11 is 5.81. The molecule has 0 saturated carbocycles. The maximum Gasteiger partial charge on any atom is 0.238 e. The second-order valence-corrected chi connectivity index (χ2v) is 6.26. The Morgan fingerprint density at radius 1 is 1.05 bits per heavy atom. The van der Waals surface area contributed by atoms with Gasteiger partial charge in [0.1, 0.15) is 30.5 Å². The molecule has 0 spiro atoms. The van der Waals surface area contributed by atoms with E-state index in [0.717, 1.165) is 6.07 Å². The Morgan fingerprint density at radius 3 is 2.27 bits per heavy atom. The second-order valence-electron chi connectivity index (χ2n) is 4.29. The van der Waals surface area contributed by atoms with Crippen LogP contribution in [0.5, 0.6) is 11.5 Å². The molecule has 0 saturated heterocycles. The maximum atomic E-state index is 12.9. The number of halogens is 2. The molecule has 2 N–H and O–H groups in total. The molecule has 0 radical (unpaired) electrons. The van der Waals surface area contributed by atoms with E-state index in [4.69, 9.17) is 26.2 Å². The first-order valence-corrected chi connectivity index (χ1v) is 8.12. The minimum absolute atomic E-state index is 0.00851. The quantitative estimate of drug-likeness (QED) is 0.816. The molecule has 0 unspecified atom stereocenters. The predicted molar refractivity (Wildman–Crippen MR) is 80.2 cm³/mol. The monoisotopic (exact) mass is 345 g/mol. The molecule has 8 heteroatoms. The Labute approximate surface area is 132 Å². The first kappa shape index (κ1) is 16.5. The molecular weight excluding hydrogens is 333 g/mol. The molecule has 0 aliphatic heterocycles. The lowest BCUT2D eigenvalue weighted by atomic mass is 10.3. The summed E-state index contributed by atoms with van der Waals surface area (Å²) in [6, 6.07) is 9.51. The highest BCUT2D eigenvalue weighted by atomic mass is 35.5. The van der Waals surface area contributed by atoms with Crippen molar-refractivity contribution >= 4 is 21.6 Å². The largest absolute Gasteiger partial charge is 0.490 e. The van der Waals surface area contributed by atoms with Crippen molar-refractivity contribution in [3.8, 4) is 11.5 Å². The van der Waals surface area contributed by atoms with Crippen molar-refractivity contribution in [2.75, 3.05) is 13.2 Å². The second kappa shape index (κ2) is 6.95. The van der Waals surface area contributed by atoms with Gasteiger partial charge in [-0.3, -0.25) is 0 Å². The van der Waals surface area contributed by atoms with Gasteiger partial charge in [0, 0.05) is 0 Å². The molecule has 5 nitrogen and oxygen atoms in total. The van der Waals surface area contributed by atoms with Crippen LogP contribution in [0, 0.1) is 5.82 Å². The standard InChI is InChI=1S/C14H13ClFNO4S/c15-13-9-10(16)1-6-14(13)21-8-7-20-11-2-4-12(5-3-11)22(17,18)19/h1-6,9H,7-8H2,(H2,17,18,19). The Kier molecular flexibility index (Phi) is 5.23. The van der Waals surface area contributed by atoms with Crippen LogP contribution < -0.4 is 14.6 Å². The third kappa shape index (κ3) is 4.59. The van der Waals surface area contributed by atoms with E-state index >= 15 is 0 Å². The van der Waals surface area contributed by atoms with Crippen LogP contribution >= 0.6 is 11.6 Å². The summed E-state index contributed by atoms with van der Waals surface area (Å²) in [5, 5.41) is 5.17. The topological polar surface area (TPSA) is 78.6 Å². The first-order valence-electron chi connectivity index (χ1n) is 6.20. The van der Waals surface area contributed by atoms with Crippen LogP contribution in [0.1, 0.15) is 0 Å². The Hall–Kier alpha value is -1.83. The number of hydrogen-bond donors (Lipinski definition) is 1. The van der Waals surface area contributed by atoms with Crippen LogP contribution in [0.3, 0.4) is 0 Å². The van der Waals surface area contributed by atoms with Crippen molar-refractivity contribution in [2.24, 2.45) is 5.14 Å². The van der Waals surface area contributed by atoms with Crippen molar-refractivity contribution in [3.63, 3.8) is 0 Å². The van der Waals surface area contributed by atoms with Gasteiger partial charge < -0.3 is 9.47 Å². The molecule has 0 atom stereocenters. The fraction of sp³-hybridized carbons (Fsp3) is 0.143. The summed E-state index contributed by atoms with van der Waals surface area (Å²) in [5.74, 6) is 0.390. The minimum Gasteiger partial charge on any atom is -0.490 e. The fourth-order valence-corrected chi connectivity index (χ4v) is 2.37. The highest BCUT2D eigenvalue weighted by molar-refractivity contribution is 7.89. The van der Waals surface area contributed by atoms with Crippen molar-refractivity contribution < 1.29 is 22.3 Å². The van der Waals surface area contributed by atoms with Crippen molar-refractivity contribution in [1.29, 1.82) is 0 Å². The molecule has 0 aliphatic carbocycles. The van der Waals surface area contributed by atoms with Gasteiger partial charge in [-0.15, -0.1) is 0 Å². The van der Waals surface area contributed by atoms with Gasteiger partial charge in [-0.2, -0.15) is 0 Å². The van der Waals surface area contributed by atoms with Gasteiger partial charge in [-0.05, 0) is 42.5 Å². The van der Waals surface area contributed by atoms with Crippen LogP contribution in [0.4, 0.5) is 4.39 Å². The van der Waals surface area contributed by atoms with Gasteiger partial charge in [0.2, 0.25) is 10.0 Å². The molecule has 0 bridgehead atoms. The number of rotatable bonds is 6. The van der Waals surface area contributed by atoms with Crippen LogP contribution in [0.15, 0.2) is 47.4 Å². The van der Waals surface area contributed by atoms with Crippen LogP contribution in [-0.4, -0.2) is 21.6 Å². The third-order valence-corrected chi connectivity index (χ3v) is 3.88. The van der Waals surface area contributed by atoms with Crippen LogP contribution in [0.25, 0.3) is 0 Å². The van der Waals surface area contributed by atoms with E-state index in [2.05, 4.69) is 0 Å². The van der Waals surface area contributed by atoms with Gasteiger partial charge in [0.05, 0.1) is 9.92 Å². The van der Waals surface area contributed by atoms with E-state index in [9.17, 15) is 12.8 Å². The summed E-state index contributed by atoms with van der Waals surface area (Å²) in [6.07, 6.45) is 0. The smallest absolute Gasteiger partial charge is 0.238 e. The molecule has 0 heterocycles. The summed E-state index contributed by atoms with van der Waals surface area (Å²) in [6.45, 7) is 0.407. The highest BCUT2D eigenvalue weighted by Gasteiger charge is 2.07. The van der Waals surface area contributed by atoms with Crippen LogP contribution in [-0.2, 0) is 10.0 Å². The maximum absolute atomic E-state index is 12.9. The summed E-state index contributed by atoms with van der Waals surface area (Å²) < 4.78 is 45.8. The molecule has 0 fully saturated rings. The molecule has 0 amide bonds. The van der Waals surface area contributed by atoms with Crippen LogP contribution in [0.2, 0.25) is 5.02 Å². The van der Waals surface area contributed by atoms with Crippen molar-refractivity contribution in [2.45, 2.75) is 4.90 Å². The zero-order chi connectivity index (χ0) is 16.2. The van der Waals surface area contributed by atoms with E-state index in [-0.39, 0.29) is 23.1 Å². The molecule has 0 aliphatic rings. The number of benzene rings is 2.